The Morgan fingerprint density at radius 1 is 0.536 bits per heavy atom. The van der Waals surface area contributed by atoms with E-state index in [0.29, 0.717) is 79.0 Å². The molecule has 10 nitrogen and oxygen atoms in total. The molecule has 0 heterocycles. The fourth-order valence-electron chi connectivity index (χ4n) is 1.98. The molecule has 0 saturated heterocycles. The molecule has 4 N–H and O–H groups in total. The highest BCUT2D eigenvalue weighted by Crippen LogP contribution is 1.85. The van der Waals surface area contributed by atoms with Crippen LogP contribution in [0.15, 0.2) is 0 Å². The van der Waals surface area contributed by atoms with Crippen molar-refractivity contribution in [2.45, 2.75) is 26.7 Å². The predicted molar refractivity (Wildman–Crippen MR) is 107 cm³/mol. The van der Waals surface area contributed by atoms with Crippen molar-refractivity contribution in [3.63, 3.8) is 0 Å². The van der Waals surface area contributed by atoms with E-state index in [9.17, 15) is 9.59 Å². The van der Waals surface area contributed by atoms with Gasteiger partial charge in [0.1, 0.15) is 0 Å². The van der Waals surface area contributed by atoms with Crippen LogP contribution in [0.3, 0.4) is 0 Å². The van der Waals surface area contributed by atoms with Gasteiger partial charge in [0.25, 0.3) is 0 Å². The lowest BCUT2D eigenvalue weighted by molar-refractivity contribution is 0.0545. The standard InChI is InChI=1S/C18H38N4O6/c1-3-25-13-15-27-11-9-21-17(23)19-7-5-6-8-20-18(24)22-10-12-28-16-14-26-4-2/h3-16H2,1-2H3,(H2,19,21,23)(H2,20,22,24). The summed E-state index contributed by atoms with van der Waals surface area (Å²) in [5, 5.41) is 10.9. The van der Waals surface area contributed by atoms with Crippen LogP contribution < -0.4 is 21.3 Å². The maximum absolute atomic E-state index is 11.5. The molecule has 0 aliphatic heterocycles. The Kier molecular flexibility index (Phi) is 20.4. The molecule has 0 rings (SSSR count). The molecular formula is C18H38N4O6. The molecule has 0 saturated carbocycles. The van der Waals surface area contributed by atoms with Gasteiger partial charge in [-0.25, -0.2) is 9.59 Å². The number of carbonyl (C=O) groups excluding carboxylic acids is 2. The Labute approximate surface area is 168 Å². The van der Waals surface area contributed by atoms with Gasteiger partial charge in [0, 0.05) is 39.4 Å². The monoisotopic (exact) mass is 406 g/mol. The van der Waals surface area contributed by atoms with Crippen molar-refractivity contribution in [1.29, 1.82) is 0 Å². The van der Waals surface area contributed by atoms with Crippen molar-refractivity contribution in [2.75, 3.05) is 79.0 Å². The third-order valence-electron chi connectivity index (χ3n) is 3.39. The number of unbranched alkanes of at least 4 members (excludes halogenated alkanes) is 1. The predicted octanol–water partition coefficient (Wildman–Crippen LogP) is 0.471. The second-order valence-electron chi connectivity index (χ2n) is 5.69. The summed E-state index contributed by atoms with van der Waals surface area (Å²) in [6.45, 7) is 10.3. The van der Waals surface area contributed by atoms with Gasteiger partial charge in [-0.1, -0.05) is 0 Å². The van der Waals surface area contributed by atoms with Gasteiger partial charge in [0.2, 0.25) is 0 Å². The quantitative estimate of drug-likeness (QED) is 0.232. The fourth-order valence-corrected chi connectivity index (χ4v) is 1.98. The van der Waals surface area contributed by atoms with Crippen LogP contribution >= 0.6 is 0 Å². The summed E-state index contributed by atoms with van der Waals surface area (Å²) < 4.78 is 20.9. The van der Waals surface area contributed by atoms with Crippen LogP contribution in [-0.2, 0) is 18.9 Å². The third kappa shape index (κ3) is 20.7. The van der Waals surface area contributed by atoms with E-state index < -0.39 is 0 Å². The largest absolute Gasteiger partial charge is 0.379 e. The number of rotatable bonds is 19. The minimum atomic E-state index is -0.219. The molecule has 10 heteroatoms. The molecule has 0 bridgehead atoms. The SMILES string of the molecule is CCOCCOCCNC(=O)NCCCCNC(=O)NCCOCCOCC. The van der Waals surface area contributed by atoms with E-state index >= 15 is 0 Å². The van der Waals surface area contributed by atoms with E-state index in [4.69, 9.17) is 18.9 Å². The topological polar surface area (TPSA) is 119 Å². The van der Waals surface area contributed by atoms with E-state index in [1.165, 1.54) is 0 Å². The summed E-state index contributed by atoms with van der Waals surface area (Å²) in [6, 6.07) is -0.438. The first-order valence-electron chi connectivity index (χ1n) is 10.0. The van der Waals surface area contributed by atoms with Crippen molar-refractivity contribution < 1.29 is 28.5 Å². The maximum Gasteiger partial charge on any atom is 0.314 e. The first kappa shape index (κ1) is 26.4. The van der Waals surface area contributed by atoms with Crippen molar-refractivity contribution in [3.05, 3.63) is 0 Å². The molecule has 28 heavy (non-hydrogen) atoms. The molecule has 166 valence electrons. The van der Waals surface area contributed by atoms with Crippen LogP contribution in [0.5, 0.6) is 0 Å². The Morgan fingerprint density at radius 3 is 1.29 bits per heavy atom. The lowest BCUT2D eigenvalue weighted by Crippen LogP contribution is -2.39. The van der Waals surface area contributed by atoms with Crippen molar-refractivity contribution in [3.8, 4) is 0 Å². The normalized spacial score (nSPS) is 10.5. The summed E-state index contributed by atoms with van der Waals surface area (Å²) in [6.07, 6.45) is 1.55. The fraction of sp³-hybridized carbons (Fsp3) is 0.889. The number of urea groups is 2. The zero-order chi connectivity index (χ0) is 20.7. The zero-order valence-electron chi connectivity index (χ0n) is 17.3. The number of ether oxygens (including phenoxy) is 4. The molecule has 0 radical (unpaired) electrons. The third-order valence-corrected chi connectivity index (χ3v) is 3.39. The lowest BCUT2D eigenvalue weighted by atomic mass is 10.3. The van der Waals surface area contributed by atoms with Gasteiger partial charge in [-0.15, -0.1) is 0 Å². The highest BCUT2D eigenvalue weighted by Gasteiger charge is 2.00. The summed E-state index contributed by atoms with van der Waals surface area (Å²) in [5.74, 6) is 0. The number of hydrogen-bond donors (Lipinski definition) is 4. The summed E-state index contributed by atoms with van der Waals surface area (Å²) in [4.78, 5) is 23.1. The maximum atomic E-state index is 11.5. The van der Waals surface area contributed by atoms with Crippen LogP contribution in [-0.4, -0.2) is 91.1 Å². The van der Waals surface area contributed by atoms with Crippen LogP contribution in [0, 0.1) is 0 Å². The summed E-state index contributed by atoms with van der Waals surface area (Å²) >= 11 is 0. The average molecular weight is 407 g/mol. The summed E-state index contributed by atoms with van der Waals surface area (Å²) in [7, 11) is 0. The Bertz CT molecular complexity index is 340. The van der Waals surface area contributed by atoms with Gasteiger partial charge in [-0.2, -0.15) is 0 Å². The Hall–Kier alpha value is -1.62. The van der Waals surface area contributed by atoms with Crippen molar-refractivity contribution >= 4 is 12.1 Å². The van der Waals surface area contributed by atoms with E-state index in [0.717, 1.165) is 12.8 Å². The molecule has 0 aromatic rings. The molecule has 0 unspecified atom stereocenters. The number of nitrogens with one attached hydrogen (secondary N) is 4. The van der Waals surface area contributed by atoms with Crippen molar-refractivity contribution in [2.24, 2.45) is 0 Å². The molecule has 0 aliphatic carbocycles. The van der Waals surface area contributed by atoms with E-state index in [1.807, 2.05) is 13.8 Å². The lowest BCUT2D eigenvalue weighted by Gasteiger charge is -2.09. The Morgan fingerprint density at radius 2 is 0.893 bits per heavy atom. The van der Waals surface area contributed by atoms with Crippen molar-refractivity contribution in [1.82, 2.24) is 21.3 Å². The number of amides is 4. The second kappa shape index (κ2) is 21.7. The van der Waals surface area contributed by atoms with Crippen LogP contribution in [0.4, 0.5) is 9.59 Å². The number of hydrogen-bond acceptors (Lipinski definition) is 6. The van der Waals surface area contributed by atoms with E-state index in [-0.39, 0.29) is 12.1 Å². The van der Waals surface area contributed by atoms with E-state index in [1.54, 1.807) is 0 Å². The molecule has 4 amide bonds. The minimum absolute atomic E-state index is 0.219. The molecule has 0 atom stereocenters. The highest BCUT2D eigenvalue weighted by molar-refractivity contribution is 5.74. The smallest absolute Gasteiger partial charge is 0.314 e. The molecule has 0 fully saturated rings. The molecule has 0 aliphatic rings. The first-order valence-corrected chi connectivity index (χ1v) is 10.0. The minimum Gasteiger partial charge on any atom is -0.379 e. The summed E-state index contributed by atoms with van der Waals surface area (Å²) in [5.41, 5.74) is 0. The van der Waals surface area contributed by atoms with Gasteiger partial charge in [0.05, 0.1) is 39.6 Å². The van der Waals surface area contributed by atoms with Gasteiger partial charge in [-0.05, 0) is 26.7 Å². The van der Waals surface area contributed by atoms with Crippen LogP contribution in [0.25, 0.3) is 0 Å². The van der Waals surface area contributed by atoms with Gasteiger partial charge in [-0.3, -0.25) is 0 Å². The zero-order valence-corrected chi connectivity index (χ0v) is 17.3. The first-order chi connectivity index (χ1) is 13.7. The highest BCUT2D eigenvalue weighted by atomic mass is 16.5. The van der Waals surface area contributed by atoms with Crippen LogP contribution in [0.1, 0.15) is 26.7 Å². The van der Waals surface area contributed by atoms with E-state index in [2.05, 4.69) is 21.3 Å². The van der Waals surface area contributed by atoms with Crippen LogP contribution in [0.2, 0.25) is 0 Å². The molecule has 0 aromatic heterocycles. The molecule has 0 spiro atoms. The molecule has 0 aromatic carbocycles. The average Bonchev–Trinajstić information content (AvgIpc) is 2.69. The van der Waals surface area contributed by atoms with Gasteiger partial charge in [0.15, 0.2) is 0 Å². The van der Waals surface area contributed by atoms with Gasteiger partial charge >= 0.3 is 12.1 Å². The van der Waals surface area contributed by atoms with Gasteiger partial charge < -0.3 is 40.2 Å². The Balaban J connectivity index is 3.28. The number of carbonyl (C=O) groups is 2. The second-order valence-corrected chi connectivity index (χ2v) is 5.69. The molecular weight excluding hydrogens is 368 g/mol.